The molecule has 0 aliphatic carbocycles. The van der Waals surface area contributed by atoms with Crippen LogP contribution in [0.3, 0.4) is 0 Å². The van der Waals surface area contributed by atoms with Crippen molar-refractivity contribution in [2.75, 3.05) is 6.61 Å². The highest BCUT2D eigenvalue weighted by atomic mass is 16.5. The van der Waals surface area contributed by atoms with Crippen LogP contribution in [0.1, 0.15) is 98.3 Å². The van der Waals surface area contributed by atoms with Gasteiger partial charge in [-0.1, -0.05) is 78.6 Å². The second-order valence-electron chi connectivity index (χ2n) is 6.29. The SMILES string of the molecule is CCCCC(CCCC)C(CCCC)CCC(=O)OCC. The van der Waals surface area contributed by atoms with Crippen molar-refractivity contribution >= 4 is 5.97 Å². The molecule has 0 spiro atoms. The molecular formula is C19H38O2. The van der Waals surface area contributed by atoms with E-state index in [-0.39, 0.29) is 5.97 Å². The van der Waals surface area contributed by atoms with Gasteiger partial charge in [0.15, 0.2) is 0 Å². The lowest BCUT2D eigenvalue weighted by Gasteiger charge is -2.27. The Labute approximate surface area is 133 Å². The first kappa shape index (κ1) is 20.5. The molecule has 0 aromatic heterocycles. The molecular weight excluding hydrogens is 260 g/mol. The zero-order valence-electron chi connectivity index (χ0n) is 15.0. The molecule has 0 heterocycles. The van der Waals surface area contributed by atoms with E-state index in [0.717, 1.165) is 12.3 Å². The fourth-order valence-electron chi connectivity index (χ4n) is 3.17. The average molecular weight is 299 g/mol. The van der Waals surface area contributed by atoms with Gasteiger partial charge in [-0.3, -0.25) is 4.79 Å². The Morgan fingerprint density at radius 2 is 1.19 bits per heavy atom. The summed E-state index contributed by atoms with van der Waals surface area (Å²) >= 11 is 0. The molecule has 1 unspecified atom stereocenters. The van der Waals surface area contributed by atoms with Crippen LogP contribution in [0.4, 0.5) is 0 Å². The number of rotatable bonds is 14. The van der Waals surface area contributed by atoms with Gasteiger partial charge in [0.25, 0.3) is 0 Å². The molecule has 0 N–H and O–H groups in total. The number of carbonyl (C=O) groups is 1. The minimum atomic E-state index is -0.0104. The van der Waals surface area contributed by atoms with Gasteiger partial charge in [-0.2, -0.15) is 0 Å². The molecule has 0 fully saturated rings. The van der Waals surface area contributed by atoms with E-state index < -0.39 is 0 Å². The lowest BCUT2D eigenvalue weighted by Crippen LogP contribution is -2.18. The Balaban J connectivity index is 4.48. The summed E-state index contributed by atoms with van der Waals surface area (Å²) in [5, 5.41) is 0. The van der Waals surface area contributed by atoms with Gasteiger partial charge in [0.2, 0.25) is 0 Å². The molecule has 0 rings (SSSR count). The standard InChI is InChI=1S/C19H38O2/c1-5-9-12-17(13-10-6-2)18(14-11-7-3)15-16-19(20)21-8-4/h17-18H,5-16H2,1-4H3. The lowest BCUT2D eigenvalue weighted by atomic mass is 9.79. The van der Waals surface area contributed by atoms with Crippen molar-refractivity contribution < 1.29 is 9.53 Å². The molecule has 126 valence electrons. The van der Waals surface area contributed by atoms with E-state index in [1.54, 1.807) is 0 Å². The summed E-state index contributed by atoms with van der Waals surface area (Å²) in [6, 6.07) is 0. The van der Waals surface area contributed by atoms with Crippen molar-refractivity contribution in [1.29, 1.82) is 0 Å². The number of ether oxygens (including phenoxy) is 1. The molecule has 0 saturated carbocycles. The second-order valence-corrected chi connectivity index (χ2v) is 6.29. The quantitative estimate of drug-likeness (QED) is 0.360. The summed E-state index contributed by atoms with van der Waals surface area (Å²) in [5.41, 5.74) is 0. The summed E-state index contributed by atoms with van der Waals surface area (Å²) in [5.74, 6) is 1.52. The smallest absolute Gasteiger partial charge is 0.305 e. The van der Waals surface area contributed by atoms with Crippen LogP contribution in [0.2, 0.25) is 0 Å². The lowest BCUT2D eigenvalue weighted by molar-refractivity contribution is -0.143. The summed E-state index contributed by atoms with van der Waals surface area (Å²) in [6.45, 7) is 9.20. The van der Waals surface area contributed by atoms with Gasteiger partial charge in [0.05, 0.1) is 6.61 Å². The molecule has 0 saturated heterocycles. The van der Waals surface area contributed by atoms with E-state index in [1.807, 2.05) is 6.92 Å². The number of hydrogen-bond donors (Lipinski definition) is 0. The van der Waals surface area contributed by atoms with Crippen molar-refractivity contribution in [3.8, 4) is 0 Å². The maximum atomic E-state index is 11.6. The summed E-state index contributed by atoms with van der Waals surface area (Å²) < 4.78 is 5.10. The predicted molar refractivity (Wildman–Crippen MR) is 91.4 cm³/mol. The van der Waals surface area contributed by atoms with Crippen LogP contribution in [-0.4, -0.2) is 12.6 Å². The topological polar surface area (TPSA) is 26.3 Å². The third-order valence-electron chi connectivity index (χ3n) is 4.48. The van der Waals surface area contributed by atoms with Crippen LogP contribution < -0.4 is 0 Å². The maximum absolute atomic E-state index is 11.6. The van der Waals surface area contributed by atoms with Crippen molar-refractivity contribution in [3.05, 3.63) is 0 Å². The first-order chi connectivity index (χ1) is 10.2. The van der Waals surface area contributed by atoms with E-state index in [2.05, 4.69) is 20.8 Å². The highest BCUT2D eigenvalue weighted by molar-refractivity contribution is 5.69. The van der Waals surface area contributed by atoms with Crippen LogP contribution in [-0.2, 0) is 9.53 Å². The van der Waals surface area contributed by atoms with E-state index in [4.69, 9.17) is 4.74 Å². The molecule has 0 aromatic rings. The van der Waals surface area contributed by atoms with Gasteiger partial charge in [-0.05, 0) is 25.2 Å². The Kier molecular flexibility index (Phi) is 14.0. The number of hydrogen-bond acceptors (Lipinski definition) is 2. The molecule has 2 nitrogen and oxygen atoms in total. The second kappa shape index (κ2) is 14.4. The zero-order valence-corrected chi connectivity index (χ0v) is 15.0. The van der Waals surface area contributed by atoms with Crippen LogP contribution in [0.5, 0.6) is 0 Å². The van der Waals surface area contributed by atoms with Crippen LogP contribution >= 0.6 is 0 Å². The largest absolute Gasteiger partial charge is 0.466 e. The highest BCUT2D eigenvalue weighted by Gasteiger charge is 2.21. The van der Waals surface area contributed by atoms with Gasteiger partial charge in [-0.15, -0.1) is 0 Å². The fourth-order valence-corrected chi connectivity index (χ4v) is 3.17. The average Bonchev–Trinajstić information content (AvgIpc) is 2.48. The fraction of sp³-hybridized carbons (Fsp3) is 0.947. The maximum Gasteiger partial charge on any atom is 0.305 e. The number of unbranched alkanes of at least 4 members (excludes halogenated alkanes) is 3. The molecule has 0 aliphatic rings. The first-order valence-electron chi connectivity index (χ1n) is 9.35. The summed E-state index contributed by atoms with van der Waals surface area (Å²) in [6.07, 6.45) is 13.4. The Morgan fingerprint density at radius 3 is 1.57 bits per heavy atom. The third-order valence-corrected chi connectivity index (χ3v) is 4.48. The molecule has 0 radical (unpaired) electrons. The van der Waals surface area contributed by atoms with Crippen molar-refractivity contribution in [3.63, 3.8) is 0 Å². The molecule has 0 amide bonds. The monoisotopic (exact) mass is 298 g/mol. The van der Waals surface area contributed by atoms with Gasteiger partial charge >= 0.3 is 5.97 Å². The van der Waals surface area contributed by atoms with Crippen molar-refractivity contribution in [1.82, 2.24) is 0 Å². The Hall–Kier alpha value is -0.530. The Morgan fingerprint density at radius 1 is 0.762 bits per heavy atom. The van der Waals surface area contributed by atoms with E-state index in [1.165, 1.54) is 57.8 Å². The predicted octanol–water partition coefficient (Wildman–Crippen LogP) is 6.13. The van der Waals surface area contributed by atoms with Crippen LogP contribution in [0, 0.1) is 11.8 Å². The molecule has 1 atom stereocenters. The number of esters is 1. The normalized spacial score (nSPS) is 12.6. The zero-order chi connectivity index (χ0) is 15.9. The van der Waals surface area contributed by atoms with Crippen LogP contribution in [0.25, 0.3) is 0 Å². The molecule has 0 aliphatic heterocycles. The van der Waals surface area contributed by atoms with E-state index >= 15 is 0 Å². The first-order valence-corrected chi connectivity index (χ1v) is 9.35. The van der Waals surface area contributed by atoms with Crippen molar-refractivity contribution in [2.45, 2.75) is 98.3 Å². The number of carbonyl (C=O) groups excluding carboxylic acids is 1. The van der Waals surface area contributed by atoms with Gasteiger partial charge < -0.3 is 4.74 Å². The minimum Gasteiger partial charge on any atom is -0.466 e. The molecule has 2 heteroatoms. The van der Waals surface area contributed by atoms with Gasteiger partial charge in [-0.25, -0.2) is 0 Å². The van der Waals surface area contributed by atoms with E-state index in [0.29, 0.717) is 18.9 Å². The molecule has 21 heavy (non-hydrogen) atoms. The molecule has 0 aromatic carbocycles. The van der Waals surface area contributed by atoms with E-state index in [9.17, 15) is 4.79 Å². The minimum absolute atomic E-state index is 0.0104. The summed E-state index contributed by atoms with van der Waals surface area (Å²) in [4.78, 5) is 11.6. The highest BCUT2D eigenvalue weighted by Crippen LogP contribution is 2.32. The van der Waals surface area contributed by atoms with Crippen molar-refractivity contribution in [2.24, 2.45) is 11.8 Å². The summed E-state index contributed by atoms with van der Waals surface area (Å²) in [7, 11) is 0. The third kappa shape index (κ3) is 10.8. The van der Waals surface area contributed by atoms with Gasteiger partial charge in [0.1, 0.15) is 0 Å². The Bertz CT molecular complexity index is 230. The van der Waals surface area contributed by atoms with Crippen LogP contribution in [0.15, 0.2) is 0 Å². The molecule has 0 bridgehead atoms. The van der Waals surface area contributed by atoms with Gasteiger partial charge in [0, 0.05) is 6.42 Å².